The molecule has 2 rings (SSSR count). The van der Waals surface area contributed by atoms with Crippen molar-refractivity contribution in [3.8, 4) is 0 Å². The van der Waals surface area contributed by atoms with Crippen LogP contribution in [0.1, 0.15) is 72.3 Å². The lowest BCUT2D eigenvalue weighted by molar-refractivity contribution is -0.0627. The van der Waals surface area contributed by atoms with Crippen LogP contribution in [0.5, 0.6) is 0 Å². The molecule has 1 aliphatic rings. The zero-order valence-electron chi connectivity index (χ0n) is 18.6. The van der Waals surface area contributed by atoms with Gasteiger partial charge in [-0.2, -0.15) is 0 Å². The fourth-order valence-corrected chi connectivity index (χ4v) is 3.59. The number of rotatable bonds is 5. The van der Waals surface area contributed by atoms with Gasteiger partial charge in [-0.15, -0.1) is 0 Å². The highest BCUT2D eigenvalue weighted by atomic mass is 19.1. The number of carbonyl (C=O) groups excluding carboxylic acids is 1. The molecule has 0 aliphatic carbocycles. The Morgan fingerprint density at radius 2 is 1.83 bits per heavy atom. The highest BCUT2D eigenvalue weighted by Crippen LogP contribution is 2.34. The van der Waals surface area contributed by atoms with E-state index in [0.29, 0.717) is 25.0 Å². The molecule has 1 fully saturated rings. The zero-order chi connectivity index (χ0) is 22.4. The highest BCUT2D eigenvalue weighted by molar-refractivity contribution is 5.69. The van der Waals surface area contributed by atoms with E-state index in [1.165, 1.54) is 12.1 Å². The first-order chi connectivity index (χ1) is 13.4. The minimum Gasteiger partial charge on any atom is -0.444 e. The highest BCUT2D eigenvalue weighted by Gasteiger charge is 2.45. The Labute approximate surface area is 173 Å². The summed E-state index contributed by atoms with van der Waals surface area (Å²) in [5.74, 6) is -1.12. The standard InChI is InChI=1S/C21H31F2NO3.CH4O/c1-7-14(15-10-16(22)12-17(23)11-15)8-9-18-13-26-21(5,6)24(18)19(25)27-20(2,3)4;1-2/h10-12,14,18H,7-9,13H2,1-6H3;2H,1H3/t14?,18-;/m0./s1. The molecule has 1 aromatic carbocycles. The first-order valence-electron chi connectivity index (χ1n) is 10.00. The summed E-state index contributed by atoms with van der Waals surface area (Å²) in [6, 6.07) is 3.52. The SMILES string of the molecule is CCC(CC[C@H]1COC(C)(C)N1C(=O)OC(C)(C)C)c1cc(F)cc(F)c1.CO. The molecule has 2 atom stereocenters. The van der Waals surface area contributed by atoms with Gasteiger partial charge in [0, 0.05) is 13.2 Å². The zero-order valence-corrected chi connectivity index (χ0v) is 18.6. The average molecular weight is 416 g/mol. The molecule has 29 heavy (non-hydrogen) atoms. The van der Waals surface area contributed by atoms with Crippen molar-refractivity contribution in [3.63, 3.8) is 0 Å². The number of aliphatic hydroxyl groups excluding tert-OH is 1. The van der Waals surface area contributed by atoms with Crippen LogP contribution in [0.25, 0.3) is 0 Å². The van der Waals surface area contributed by atoms with E-state index in [0.717, 1.165) is 19.6 Å². The molecule has 166 valence electrons. The second-order valence-electron chi connectivity index (χ2n) is 8.65. The Bertz CT molecular complexity index is 653. The second-order valence-corrected chi connectivity index (χ2v) is 8.65. The maximum Gasteiger partial charge on any atom is 0.412 e. The predicted molar refractivity (Wildman–Crippen MR) is 109 cm³/mol. The van der Waals surface area contributed by atoms with Gasteiger partial charge in [0.05, 0.1) is 12.6 Å². The van der Waals surface area contributed by atoms with E-state index in [1.54, 1.807) is 4.90 Å². The van der Waals surface area contributed by atoms with Crippen molar-refractivity contribution in [2.45, 2.75) is 84.1 Å². The molecule has 1 heterocycles. The van der Waals surface area contributed by atoms with E-state index >= 15 is 0 Å². The van der Waals surface area contributed by atoms with Gasteiger partial charge >= 0.3 is 6.09 Å². The van der Waals surface area contributed by atoms with Gasteiger partial charge < -0.3 is 14.6 Å². The van der Waals surface area contributed by atoms with Crippen LogP contribution in [0.2, 0.25) is 0 Å². The Kier molecular flexibility index (Phi) is 9.03. The third kappa shape index (κ3) is 7.23. The molecule has 0 radical (unpaired) electrons. The molecular formula is C22H35F2NO4. The Hall–Kier alpha value is -1.73. The topological polar surface area (TPSA) is 59.0 Å². The molecule has 5 nitrogen and oxygen atoms in total. The lowest BCUT2D eigenvalue weighted by atomic mass is 9.90. The molecule has 1 unspecified atom stereocenters. The van der Waals surface area contributed by atoms with E-state index in [4.69, 9.17) is 14.6 Å². The lowest BCUT2D eigenvalue weighted by Crippen LogP contribution is -2.49. The minimum atomic E-state index is -0.750. The Morgan fingerprint density at radius 1 is 1.28 bits per heavy atom. The Morgan fingerprint density at radius 3 is 2.31 bits per heavy atom. The second kappa shape index (κ2) is 10.3. The molecule has 1 N–H and O–H groups in total. The number of nitrogens with zero attached hydrogens (tertiary/aromatic N) is 1. The van der Waals surface area contributed by atoms with E-state index in [-0.39, 0.29) is 12.0 Å². The molecule has 0 spiro atoms. The largest absolute Gasteiger partial charge is 0.444 e. The van der Waals surface area contributed by atoms with E-state index < -0.39 is 29.1 Å². The van der Waals surface area contributed by atoms with Crippen LogP contribution >= 0.6 is 0 Å². The van der Waals surface area contributed by atoms with Gasteiger partial charge in [-0.25, -0.2) is 13.6 Å². The number of hydrogen-bond acceptors (Lipinski definition) is 4. The van der Waals surface area contributed by atoms with E-state index in [1.807, 2.05) is 41.5 Å². The lowest BCUT2D eigenvalue weighted by Gasteiger charge is -2.35. The number of benzene rings is 1. The maximum absolute atomic E-state index is 13.6. The van der Waals surface area contributed by atoms with Crippen molar-refractivity contribution in [2.24, 2.45) is 0 Å². The smallest absolute Gasteiger partial charge is 0.412 e. The normalized spacial score (nSPS) is 19.4. The molecule has 1 aliphatic heterocycles. The summed E-state index contributed by atoms with van der Waals surface area (Å²) in [7, 11) is 1.00. The summed E-state index contributed by atoms with van der Waals surface area (Å²) >= 11 is 0. The number of hydrogen-bond donors (Lipinski definition) is 1. The molecule has 0 aromatic heterocycles. The van der Waals surface area contributed by atoms with Gasteiger partial charge in [0.15, 0.2) is 0 Å². The van der Waals surface area contributed by atoms with Crippen molar-refractivity contribution in [1.29, 1.82) is 0 Å². The third-order valence-corrected chi connectivity index (χ3v) is 4.86. The average Bonchev–Trinajstić information content (AvgIpc) is 2.89. The summed E-state index contributed by atoms with van der Waals surface area (Å²) in [4.78, 5) is 14.3. The van der Waals surface area contributed by atoms with Crippen LogP contribution in [0.15, 0.2) is 18.2 Å². The van der Waals surface area contributed by atoms with Crippen LogP contribution in [-0.4, -0.2) is 47.2 Å². The summed E-state index contributed by atoms with van der Waals surface area (Å²) in [6.45, 7) is 11.6. The first-order valence-corrected chi connectivity index (χ1v) is 10.00. The molecule has 1 saturated heterocycles. The maximum atomic E-state index is 13.6. The molecule has 0 saturated carbocycles. The van der Waals surface area contributed by atoms with Crippen LogP contribution in [0.4, 0.5) is 13.6 Å². The number of amides is 1. The molecule has 0 bridgehead atoms. The van der Waals surface area contributed by atoms with Crippen LogP contribution < -0.4 is 0 Å². The van der Waals surface area contributed by atoms with Gasteiger partial charge in [0.2, 0.25) is 0 Å². The fourth-order valence-electron chi connectivity index (χ4n) is 3.59. The number of halogens is 2. The Balaban J connectivity index is 0.00000204. The van der Waals surface area contributed by atoms with Crippen LogP contribution in [0.3, 0.4) is 0 Å². The minimum absolute atomic E-state index is 0.0133. The number of aliphatic hydroxyl groups is 1. The van der Waals surface area contributed by atoms with Gasteiger partial charge in [-0.3, -0.25) is 4.90 Å². The molecule has 1 amide bonds. The van der Waals surface area contributed by atoms with Crippen LogP contribution in [-0.2, 0) is 9.47 Å². The van der Waals surface area contributed by atoms with E-state index in [9.17, 15) is 13.6 Å². The summed E-state index contributed by atoms with van der Waals surface area (Å²) in [5, 5.41) is 7.00. The van der Waals surface area contributed by atoms with Crippen molar-refractivity contribution < 1.29 is 28.2 Å². The van der Waals surface area contributed by atoms with Gasteiger partial charge in [-0.1, -0.05) is 6.92 Å². The van der Waals surface area contributed by atoms with Crippen molar-refractivity contribution in [2.75, 3.05) is 13.7 Å². The molecule has 1 aromatic rings. The first kappa shape index (κ1) is 25.3. The molecule has 7 heteroatoms. The summed E-state index contributed by atoms with van der Waals surface area (Å²) in [5.41, 5.74) is -0.692. The molecular weight excluding hydrogens is 380 g/mol. The van der Waals surface area contributed by atoms with Gasteiger partial charge in [0.25, 0.3) is 0 Å². The fraction of sp³-hybridized carbons (Fsp3) is 0.682. The van der Waals surface area contributed by atoms with Gasteiger partial charge in [-0.05, 0) is 77.5 Å². The quantitative estimate of drug-likeness (QED) is 0.716. The number of ether oxygens (including phenoxy) is 2. The van der Waals surface area contributed by atoms with Crippen LogP contribution in [0, 0.1) is 11.6 Å². The summed E-state index contributed by atoms with van der Waals surface area (Å²) in [6.07, 6.45) is 1.72. The summed E-state index contributed by atoms with van der Waals surface area (Å²) < 4.78 is 38.5. The third-order valence-electron chi connectivity index (χ3n) is 4.86. The van der Waals surface area contributed by atoms with Crippen molar-refractivity contribution in [1.82, 2.24) is 4.90 Å². The van der Waals surface area contributed by atoms with Crippen molar-refractivity contribution >= 4 is 6.09 Å². The monoisotopic (exact) mass is 415 g/mol. The number of carbonyl (C=O) groups is 1. The van der Waals surface area contributed by atoms with Gasteiger partial charge in [0.1, 0.15) is 23.0 Å². The van der Waals surface area contributed by atoms with E-state index in [2.05, 4.69) is 0 Å². The predicted octanol–water partition coefficient (Wildman–Crippen LogP) is 5.22. The van der Waals surface area contributed by atoms with Crippen molar-refractivity contribution in [3.05, 3.63) is 35.4 Å².